The number of aromatic nitrogens is 2. The van der Waals surface area contributed by atoms with Gasteiger partial charge in [0.2, 0.25) is 0 Å². The van der Waals surface area contributed by atoms with Gasteiger partial charge in [0.15, 0.2) is 5.82 Å². The number of rotatable bonds is 9. The third kappa shape index (κ3) is 9.04. The van der Waals surface area contributed by atoms with Crippen molar-refractivity contribution in [2.24, 2.45) is 5.92 Å². The molecule has 1 aromatic heterocycles. The van der Waals surface area contributed by atoms with Gasteiger partial charge in [-0.2, -0.15) is 17.5 Å². The Labute approximate surface area is 250 Å². The zero-order chi connectivity index (χ0) is 31.0. The number of hydrogen-bond donors (Lipinski definition) is 2. The molecule has 2 heterocycles. The van der Waals surface area contributed by atoms with Gasteiger partial charge in [-0.3, -0.25) is 4.79 Å². The van der Waals surface area contributed by atoms with Gasteiger partial charge in [-0.05, 0) is 87.6 Å². The molecule has 228 valence electrons. The van der Waals surface area contributed by atoms with E-state index >= 15 is 0 Å². The van der Waals surface area contributed by atoms with E-state index in [1.807, 2.05) is 44.2 Å². The van der Waals surface area contributed by atoms with Crippen molar-refractivity contribution in [3.05, 3.63) is 47.0 Å². The maximum absolute atomic E-state index is 11.2. The Hall–Kier alpha value is -3.42. The van der Waals surface area contributed by atoms with E-state index in [1.54, 1.807) is 7.11 Å². The van der Waals surface area contributed by atoms with Crippen molar-refractivity contribution in [2.75, 3.05) is 26.7 Å². The molecule has 14 heteroatoms. The summed E-state index contributed by atoms with van der Waals surface area (Å²) in [6.45, 7) is 6.39. The molecule has 0 saturated carbocycles. The highest BCUT2D eigenvalue weighted by Crippen LogP contribution is 2.36. The Bertz CT molecular complexity index is 1380. The smallest absolute Gasteiger partial charge is 0.490 e. The molecule has 4 rings (SSSR count). The number of piperidine rings is 1. The second-order valence-corrected chi connectivity index (χ2v) is 10.9. The quantitative estimate of drug-likeness (QED) is 0.281. The number of carboxylic acid groups (broad SMARTS) is 2. The highest BCUT2D eigenvalue weighted by molar-refractivity contribution is 7.09. The van der Waals surface area contributed by atoms with E-state index in [1.165, 1.54) is 11.5 Å². The minimum Gasteiger partial charge on any atom is -0.496 e. The third-order valence-electron chi connectivity index (χ3n) is 6.39. The van der Waals surface area contributed by atoms with Crippen LogP contribution in [0.15, 0.2) is 36.4 Å². The fourth-order valence-corrected chi connectivity index (χ4v) is 5.21. The standard InChI is InChI=1S/C26H30ClN3O4S.C2HF3O2/c1-16(2)34-22-8-7-19(15-21(22)27)25-28-24(29-35-25)20-6-4-5-17(23(20)33-3)9-12-30-13-10-18(11-14-30)26(31)32;3-2(4,5)1(6)7/h4-8,15-16,18H,9-14H2,1-3H3,(H,31,32);(H,6,7). The Morgan fingerprint density at radius 2 is 1.83 bits per heavy atom. The average Bonchev–Trinajstić information content (AvgIpc) is 3.43. The van der Waals surface area contributed by atoms with Crippen LogP contribution in [0.1, 0.15) is 32.3 Å². The highest BCUT2D eigenvalue weighted by Gasteiger charge is 2.38. The van der Waals surface area contributed by atoms with Crippen LogP contribution in [0.4, 0.5) is 13.2 Å². The molecule has 0 radical (unpaired) electrons. The van der Waals surface area contributed by atoms with Gasteiger partial charge in [0.05, 0.1) is 29.7 Å². The van der Waals surface area contributed by atoms with E-state index in [0.717, 1.165) is 53.5 Å². The molecule has 3 aromatic rings. The van der Waals surface area contributed by atoms with E-state index in [-0.39, 0.29) is 12.0 Å². The van der Waals surface area contributed by atoms with Gasteiger partial charge in [-0.15, -0.1) is 0 Å². The van der Waals surface area contributed by atoms with Crippen LogP contribution >= 0.6 is 23.1 Å². The number of ether oxygens (including phenoxy) is 2. The number of aliphatic carboxylic acids is 2. The van der Waals surface area contributed by atoms with Crippen molar-refractivity contribution >= 4 is 35.1 Å². The van der Waals surface area contributed by atoms with Crippen LogP contribution in [0.3, 0.4) is 0 Å². The molecule has 0 aliphatic carbocycles. The highest BCUT2D eigenvalue weighted by atomic mass is 35.5. The summed E-state index contributed by atoms with van der Waals surface area (Å²) >= 11 is 7.73. The molecule has 0 atom stereocenters. The van der Waals surface area contributed by atoms with E-state index < -0.39 is 18.1 Å². The largest absolute Gasteiger partial charge is 0.496 e. The number of nitrogens with zero attached hydrogens (tertiary/aromatic N) is 3. The summed E-state index contributed by atoms with van der Waals surface area (Å²) < 4.78 is 47.9. The minimum absolute atomic E-state index is 0.0443. The Balaban J connectivity index is 0.000000616. The van der Waals surface area contributed by atoms with Crippen LogP contribution in [0, 0.1) is 5.92 Å². The Morgan fingerprint density at radius 1 is 1.17 bits per heavy atom. The summed E-state index contributed by atoms with van der Waals surface area (Å²) in [7, 11) is 1.67. The number of hydrogen-bond acceptors (Lipinski definition) is 8. The van der Waals surface area contributed by atoms with Gasteiger partial charge in [0.1, 0.15) is 16.5 Å². The molecular weight excluding hydrogens is 599 g/mol. The van der Waals surface area contributed by atoms with E-state index in [4.69, 9.17) is 36.0 Å². The summed E-state index contributed by atoms with van der Waals surface area (Å²) in [5.41, 5.74) is 2.82. The molecule has 1 fully saturated rings. The van der Waals surface area contributed by atoms with E-state index in [2.05, 4.69) is 15.3 Å². The van der Waals surface area contributed by atoms with Gasteiger partial charge in [0, 0.05) is 12.1 Å². The summed E-state index contributed by atoms with van der Waals surface area (Å²) in [5, 5.41) is 17.6. The second-order valence-electron chi connectivity index (χ2n) is 9.74. The fraction of sp³-hybridized carbons (Fsp3) is 0.429. The van der Waals surface area contributed by atoms with E-state index in [9.17, 15) is 23.1 Å². The van der Waals surface area contributed by atoms with Gasteiger partial charge in [0.25, 0.3) is 0 Å². The molecule has 1 aliphatic heterocycles. The molecule has 0 unspecified atom stereocenters. The lowest BCUT2D eigenvalue weighted by atomic mass is 9.96. The van der Waals surface area contributed by atoms with Gasteiger partial charge >= 0.3 is 18.1 Å². The number of halogens is 4. The van der Waals surface area contributed by atoms with E-state index in [0.29, 0.717) is 29.4 Å². The first-order chi connectivity index (χ1) is 19.8. The molecule has 2 N–H and O–H groups in total. The number of benzene rings is 2. The maximum atomic E-state index is 11.2. The summed E-state index contributed by atoms with van der Waals surface area (Å²) in [5.74, 6) is -1.62. The molecule has 0 bridgehead atoms. The first-order valence-electron chi connectivity index (χ1n) is 13.0. The Morgan fingerprint density at radius 3 is 2.38 bits per heavy atom. The monoisotopic (exact) mass is 629 g/mol. The zero-order valence-electron chi connectivity index (χ0n) is 23.2. The average molecular weight is 630 g/mol. The normalized spacial score (nSPS) is 14.3. The van der Waals surface area contributed by atoms with Crippen molar-refractivity contribution in [3.63, 3.8) is 0 Å². The summed E-state index contributed by atoms with van der Waals surface area (Å²) in [6, 6.07) is 11.7. The van der Waals surface area contributed by atoms with Crippen molar-refractivity contribution in [2.45, 2.75) is 45.4 Å². The number of para-hydroxylation sites is 1. The molecule has 9 nitrogen and oxygen atoms in total. The molecule has 42 heavy (non-hydrogen) atoms. The minimum atomic E-state index is -5.08. The lowest BCUT2D eigenvalue weighted by Gasteiger charge is -2.30. The van der Waals surface area contributed by atoms with Crippen LogP contribution < -0.4 is 9.47 Å². The molecule has 1 saturated heterocycles. The number of likely N-dealkylation sites (tertiary alicyclic amines) is 1. The molecule has 0 amide bonds. The van der Waals surface area contributed by atoms with Gasteiger partial charge in [-0.1, -0.05) is 23.7 Å². The molecular formula is C28H31ClF3N3O6S. The Kier molecular flexibility index (Phi) is 11.5. The summed E-state index contributed by atoms with van der Waals surface area (Å²) in [4.78, 5) is 27.2. The topological polar surface area (TPSA) is 122 Å². The summed E-state index contributed by atoms with van der Waals surface area (Å²) in [6.07, 6.45) is -2.83. The van der Waals surface area contributed by atoms with Crippen molar-refractivity contribution in [1.29, 1.82) is 0 Å². The molecule has 0 spiro atoms. The van der Waals surface area contributed by atoms with Crippen LogP contribution in [-0.2, 0) is 16.0 Å². The number of carbonyl (C=O) groups is 2. The first kappa shape index (κ1) is 33.1. The van der Waals surface area contributed by atoms with Crippen LogP contribution in [0.2, 0.25) is 5.02 Å². The number of methoxy groups -OCH3 is 1. The molecule has 1 aliphatic rings. The van der Waals surface area contributed by atoms with Crippen molar-refractivity contribution in [1.82, 2.24) is 14.3 Å². The fourth-order valence-electron chi connectivity index (χ4n) is 4.31. The zero-order valence-corrected chi connectivity index (χ0v) is 24.7. The third-order valence-corrected chi connectivity index (χ3v) is 7.45. The van der Waals surface area contributed by atoms with Gasteiger partial charge < -0.3 is 24.6 Å². The van der Waals surface area contributed by atoms with Crippen LogP contribution in [0.5, 0.6) is 11.5 Å². The second kappa shape index (κ2) is 14.7. The van der Waals surface area contributed by atoms with Crippen LogP contribution in [0.25, 0.3) is 22.0 Å². The predicted octanol–water partition coefficient (Wildman–Crippen LogP) is 6.29. The van der Waals surface area contributed by atoms with Gasteiger partial charge in [-0.25, -0.2) is 9.78 Å². The number of carboxylic acids is 2. The lowest BCUT2D eigenvalue weighted by Crippen LogP contribution is -2.37. The number of alkyl halides is 3. The van der Waals surface area contributed by atoms with Crippen molar-refractivity contribution in [3.8, 4) is 33.5 Å². The first-order valence-corrected chi connectivity index (χ1v) is 14.2. The predicted molar refractivity (Wildman–Crippen MR) is 152 cm³/mol. The van der Waals surface area contributed by atoms with Crippen LogP contribution in [-0.4, -0.2) is 75.4 Å². The maximum Gasteiger partial charge on any atom is 0.490 e. The van der Waals surface area contributed by atoms with Crippen molar-refractivity contribution < 1.29 is 42.4 Å². The molecule has 2 aromatic carbocycles. The SMILES string of the molecule is COc1c(CCN2CCC(C(=O)O)CC2)cccc1-c1nsc(-c2ccc(OC(C)C)c(Cl)c2)n1.O=C(O)C(F)(F)F. The lowest BCUT2D eigenvalue weighted by molar-refractivity contribution is -0.192.